The molecule has 1 aromatic rings. The monoisotopic (exact) mass is 309 g/mol. The molecule has 3 rings (SSSR count). The molecule has 2 aliphatic heterocycles. The number of fused-ring (bicyclic) bond motifs is 2. The quantitative estimate of drug-likeness (QED) is 0.797. The zero-order valence-electron chi connectivity index (χ0n) is 12.3. The number of carbonyl (C=O) groups is 2. The topological polar surface area (TPSA) is 52.7 Å². The van der Waals surface area contributed by atoms with E-state index >= 15 is 0 Å². The van der Waals surface area contributed by atoms with Crippen molar-refractivity contribution in [1.29, 1.82) is 0 Å². The molecule has 0 aliphatic carbocycles. The van der Waals surface area contributed by atoms with Crippen LogP contribution >= 0.6 is 12.4 Å². The lowest BCUT2D eigenvalue weighted by Gasteiger charge is -2.38. The Bertz CT molecular complexity index is 566. The molecule has 1 N–H and O–H groups in total. The number of hydrogen-bond donors (Lipinski definition) is 1. The molecule has 5 nitrogen and oxygen atoms in total. The molecule has 2 heterocycles. The summed E-state index contributed by atoms with van der Waals surface area (Å²) in [5.41, 5.74) is 1.56. The smallest absolute Gasteiger partial charge is 0.319 e. The van der Waals surface area contributed by atoms with Gasteiger partial charge in [-0.05, 0) is 24.5 Å². The number of anilines is 1. The SMILES string of the molecule is CN(C)C(=O)N1CCC2(CC1)C(=O)Nc1ccccc12.Cl. The Morgan fingerprint density at radius 2 is 1.86 bits per heavy atom. The summed E-state index contributed by atoms with van der Waals surface area (Å²) in [7, 11) is 3.51. The van der Waals surface area contributed by atoms with Gasteiger partial charge in [0.15, 0.2) is 0 Å². The number of rotatable bonds is 0. The van der Waals surface area contributed by atoms with E-state index in [1.54, 1.807) is 19.0 Å². The maximum Gasteiger partial charge on any atom is 0.319 e. The van der Waals surface area contributed by atoms with Crippen molar-refractivity contribution < 1.29 is 9.59 Å². The van der Waals surface area contributed by atoms with Crippen LogP contribution in [0.3, 0.4) is 0 Å². The first kappa shape index (κ1) is 15.6. The van der Waals surface area contributed by atoms with Crippen LogP contribution in [0.1, 0.15) is 18.4 Å². The number of para-hydroxylation sites is 1. The maximum atomic E-state index is 12.4. The third kappa shape index (κ3) is 2.35. The number of hydrogen-bond acceptors (Lipinski definition) is 2. The fourth-order valence-electron chi connectivity index (χ4n) is 3.23. The summed E-state index contributed by atoms with van der Waals surface area (Å²) < 4.78 is 0. The summed E-state index contributed by atoms with van der Waals surface area (Å²) in [4.78, 5) is 27.8. The van der Waals surface area contributed by atoms with Gasteiger partial charge in [0.25, 0.3) is 0 Å². The molecule has 0 aromatic heterocycles. The molecule has 6 heteroatoms. The number of piperidine rings is 1. The van der Waals surface area contributed by atoms with Gasteiger partial charge in [-0.15, -0.1) is 12.4 Å². The first-order chi connectivity index (χ1) is 9.54. The summed E-state index contributed by atoms with van der Waals surface area (Å²) in [5, 5.41) is 2.97. The minimum absolute atomic E-state index is 0. The fourth-order valence-corrected chi connectivity index (χ4v) is 3.23. The number of likely N-dealkylation sites (tertiary alicyclic amines) is 1. The molecule has 2 aliphatic rings. The Balaban J connectivity index is 0.00000161. The second-order valence-electron chi connectivity index (χ2n) is 5.75. The minimum atomic E-state index is -0.445. The molecule has 1 aromatic carbocycles. The zero-order chi connectivity index (χ0) is 14.3. The number of nitrogens with one attached hydrogen (secondary N) is 1. The van der Waals surface area contributed by atoms with Crippen LogP contribution in [-0.2, 0) is 10.2 Å². The lowest BCUT2D eigenvalue weighted by molar-refractivity contribution is -0.122. The van der Waals surface area contributed by atoms with Crippen LogP contribution in [0.25, 0.3) is 0 Å². The van der Waals surface area contributed by atoms with E-state index in [1.165, 1.54) is 0 Å². The van der Waals surface area contributed by atoms with Gasteiger partial charge in [-0.25, -0.2) is 4.79 Å². The molecule has 0 radical (unpaired) electrons. The van der Waals surface area contributed by atoms with Gasteiger partial charge in [0.2, 0.25) is 5.91 Å². The number of halogens is 1. The van der Waals surface area contributed by atoms with Crippen molar-refractivity contribution in [3.05, 3.63) is 29.8 Å². The largest absolute Gasteiger partial charge is 0.331 e. The summed E-state index contributed by atoms with van der Waals surface area (Å²) in [6.07, 6.45) is 1.38. The van der Waals surface area contributed by atoms with Gasteiger partial charge < -0.3 is 15.1 Å². The molecule has 0 unspecified atom stereocenters. The van der Waals surface area contributed by atoms with Crippen molar-refractivity contribution in [2.45, 2.75) is 18.3 Å². The number of amides is 3. The molecular formula is C15H20ClN3O2. The second-order valence-corrected chi connectivity index (χ2v) is 5.75. The lowest BCUT2D eigenvalue weighted by Crippen LogP contribution is -2.50. The molecule has 0 saturated carbocycles. The van der Waals surface area contributed by atoms with Crippen LogP contribution < -0.4 is 5.32 Å². The first-order valence-corrected chi connectivity index (χ1v) is 6.92. The molecule has 1 spiro atoms. The minimum Gasteiger partial charge on any atom is -0.331 e. The average molecular weight is 310 g/mol. The highest BCUT2D eigenvalue weighted by atomic mass is 35.5. The van der Waals surface area contributed by atoms with Gasteiger partial charge in [0.05, 0.1) is 5.41 Å². The van der Waals surface area contributed by atoms with Crippen LogP contribution in [0, 0.1) is 0 Å². The normalized spacial score (nSPS) is 18.8. The molecule has 0 bridgehead atoms. The van der Waals surface area contributed by atoms with E-state index in [9.17, 15) is 9.59 Å². The molecular weight excluding hydrogens is 290 g/mol. The summed E-state index contributed by atoms with van der Waals surface area (Å²) in [6.45, 7) is 1.25. The van der Waals surface area contributed by atoms with E-state index in [0.717, 1.165) is 11.3 Å². The van der Waals surface area contributed by atoms with Crippen molar-refractivity contribution in [1.82, 2.24) is 9.80 Å². The fraction of sp³-hybridized carbons (Fsp3) is 0.467. The van der Waals surface area contributed by atoms with Gasteiger partial charge in [-0.3, -0.25) is 4.79 Å². The first-order valence-electron chi connectivity index (χ1n) is 6.92. The van der Waals surface area contributed by atoms with E-state index in [4.69, 9.17) is 0 Å². The number of benzene rings is 1. The molecule has 114 valence electrons. The van der Waals surface area contributed by atoms with Gasteiger partial charge in [-0.2, -0.15) is 0 Å². The predicted molar refractivity (Wildman–Crippen MR) is 83.9 cm³/mol. The van der Waals surface area contributed by atoms with E-state index in [0.29, 0.717) is 25.9 Å². The average Bonchev–Trinajstić information content (AvgIpc) is 2.72. The molecule has 1 saturated heterocycles. The standard InChI is InChI=1S/C15H19N3O2.ClH/c1-17(2)14(20)18-9-7-15(8-10-18)11-5-3-4-6-12(11)16-13(15)19;/h3-6H,7-10H2,1-2H3,(H,16,19);1H. The van der Waals surface area contributed by atoms with Gasteiger partial charge >= 0.3 is 6.03 Å². The van der Waals surface area contributed by atoms with Crippen molar-refractivity contribution in [2.75, 3.05) is 32.5 Å². The number of nitrogens with zero attached hydrogens (tertiary/aromatic N) is 2. The Kier molecular flexibility index (Phi) is 4.14. The van der Waals surface area contributed by atoms with Gasteiger partial charge in [0, 0.05) is 32.9 Å². The third-order valence-corrected chi connectivity index (χ3v) is 4.40. The Morgan fingerprint density at radius 3 is 2.48 bits per heavy atom. The van der Waals surface area contributed by atoms with Crippen LogP contribution in [0.2, 0.25) is 0 Å². The van der Waals surface area contributed by atoms with Crippen molar-refractivity contribution in [2.24, 2.45) is 0 Å². The summed E-state index contributed by atoms with van der Waals surface area (Å²) in [5.74, 6) is 0.0793. The van der Waals surface area contributed by atoms with Crippen LogP contribution in [0.15, 0.2) is 24.3 Å². The highest BCUT2D eigenvalue weighted by molar-refractivity contribution is 6.06. The molecule has 0 atom stereocenters. The van der Waals surface area contributed by atoms with Crippen molar-refractivity contribution in [3.8, 4) is 0 Å². The maximum absolute atomic E-state index is 12.4. The molecule has 1 fully saturated rings. The van der Waals surface area contributed by atoms with Crippen LogP contribution in [0.5, 0.6) is 0 Å². The van der Waals surface area contributed by atoms with E-state index in [1.807, 2.05) is 29.2 Å². The second kappa shape index (κ2) is 5.56. The van der Waals surface area contributed by atoms with Gasteiger partial charge in [-0.1, -0.05) is 18.2 Å². The zero-order valence-corrected chi connectivity index (χ0v) is 13.1. The summed E-state index contributed by atoms with van der Waals surface area (Å²) >= 11 is 0. The van der Waals surface area contributed by atoms with Gasteiger partial charge in [0.1, 0.15) is 0 Å². The Morgan fingerprint density at radius 1 is 1.24 bits per heavy atom. The Labute approximate surface area is 130 Å². The van der Waals surface area contributed by atoms with Crippen LogP contribution in [-0.4, -0.2) is 48.9 Å². The predicted octanol–water partition coefficient (Wildman–Crippen LogP) is 2.08. The Hall–Kier alpha value is -1.75. The number of urea groups is 1. The third-order valence-electron chi connectivity index (χ3n) is 4.40. The number of carbonyl (C=O) groups excluding carboxylic acids is 2. The highest BCUT2D eigenvalue weighted by Gasteiger charge is 2.48. The summed E-state index contributed by atoms with van der Waals surface area (Å²) in [6, 6.07) is 7.89. The van der Waals surface area contributed by atoms with Crippen LogP contribution in [0.4, 0.5) is 10.5 Å². The van der Waals surface area contributed by atoms with E-state index in [2.05, 4.69) is 5.32 Å². The highest BCUT2D eigenvalue weighted by Crippen LogP contribution is 2.44. The molecule has 21 heavy (non-hydrogen) atoms. The lowest BCUT2D eigenvalue weighted by atomic mass is 9.74. The van der Waals surface area contributed by atoms with Crippen molar-refractivity contribution >= 4 is 30.0 Å². The van der Waals surface area contributed by atoms with Crippen molar-refractivity contribution in [3.63, 3.8) is 0 Å². The van der Waals surface area contributed by atoms with E-state index < -0.39 is 5.41 Å². The molecule has 3 amide bonds. The van der Waals surface area contributed by atoms with E-state index in [-0.39, 0.29) is 24.3 Å².